The molecule has 96 valence electrons. The summed E-state index contributed by atoms with van der Waals surface area (Å²) >= 11 is 0. The van der Waals surface area contributed by atoms with Crippen molar-refractivity contribution < 1.29 is 14.7 Å². The van der Waals surface area contributed by atoms with Crippen molar-refractivity contribution in [2.75, 3.05) is 5.32 Å². The summed E-state index contributed by atoms with van der Waals surface area (Å²) in [4.78, 5) is 21.9. The summed E-state index contributed by atoms with van der Waals surface area (Å²) in [7, 11) is 0. The van der Waals surface area contributed by atoms with E-state index in [1.807, 2.05) is 0 Å². The molecule has 0 bridgehead atoms. The van der Waals surface area contributed by atoms with Crippen LogP contribution < -0.4 is 11.1 Å². The fourth-order valence-corrected chi connectivity index (χ4v) is 1.14. The molecular formula is C13H16N2O3. The average Bonchev–Trinajstić information content (AvgIpc) is 2.26. The first-order chi connectivity index (χ1) is 8.29. The number of nitrogens with two attached hydrogens (primary N) is 1. The van der Waals surface area contributed by atoms with Crippen LogP contribution in [0.5, 0.6) is 0 Å². The lowest BCUT2D eigenvalue weighted by Gasteiger charge is -2.17. The second kappa shape index (κ2) is 5.46. The Balaban J connectivity index is 2.72. The number of anilines is 1. The topological polar surface area (TPSA) is 92.4 Å². The van der Waals surface area contributed by atoms with Gasteiger partial charge in [0.2, 0.25) is 5.91 Å². The van der Waals surface area contributed by atoms with Crippen LogP contribution in [0.4, 0.5) is 5.69 Å². The fraction of sp³-hybridized carbons (Fsp3) is 0.231. The Morgan fingerprint density at radius 3 is 2.28 bits per heavy atom. The minimum absolute atomic E-state index is 0.281. The van der Waals surface area contributed by atoms with Gasteiger partial charge < -0.3 is 16.2 Å². The molecule has 0 aromatic heterocycles. The van der Waals surface area contributed by atoms with Crippen molar-refractivity contribution in [2.45, 2.75) is 19.4 Å². The summed E-state index contributed by atoms with van der Waals surface area (Å²) in [5, 5.41) is 11.1. The quantitative estimate of drug-likeness (QED) is 0.703. The van der Waals surface area contributed by atoms with Gasteiger partial charge >= 0.3 is 5.97 Å². The number of hydrogen-bond acceptors (Lipinski definition) is 3. The maximum Gasteiger partial charge on any atom is 0.328 e. The van der Waals surface area contributed by atoms with Crippen LogP contribution in [0.3, 0.4) is 0 Å². The monoisotopic (exact) mass is 248 g/mol. The largest absolute Gasteiger partial charge is 0.478 e. The summed E-state index contributed by atoms with van der Waals surface area (Å²) in [6.45, 7) is 3.23. The molecule has 5 nitrogen and oxygen atoms in total. The van der Waals surface area contributed by atoms with Gasteiger partial charge in [0.15, 0.2) is 0 Å². The molecule has 0 aliphatic rings. The smallest absolute Gasteiger partial charge is 0.328 e. The van der Waals surface area contributed by atoms with Gasteiger partial charge in [0.05, 0.1) is 5.54 Å². The van der Waals surface area contributed by atoms with Gasteiger partial charge in [-0.05, 0) is 37.6 Å². The zero-order chi connectivity index (χ0) is 13.8. The highest BCUT2D eigenvalue weighted by Crippen LogP contribution is 2.12. The van der Waals surface area contributed by atoms with Crippen LogP contribution in [0.1, 0.15) is 19.4 Å². The van der Waals surface area contributed by atoms with Gasteiger partial charge in [-0.3, -0.25) is 4.79 Å². The third-order valence-corrected chi connectivity index (χ3v) is 2.17. The maximum atomic E-state index is 11.6. The van der Waals surface area contributed by atoms with Gasteiger partial charge in [0.25, 0.3) is 0 Å². The molecular weight excluding hydrogens is 232 g/mol. The Labute approximate surface area is 105 Å². The van der Waals surface area contributed by atoms with E-state index in [-0.39, 0.29) is 5.91 Å². The Hall–Kier alpha value is -2.14. The summed E-state index contributed by atoms with van der Waals surface area (Å²) in [6, 6.07) is 6.79. The number of rotatable bonds is 4. The molecule has 1 rings (SSSR count). The molecule has 0 unspecified atom stereocenters. The Bertz CT molecular complexity index is 470. The summed E-state index contributed by atoms with van der Waals surface area (Å²) in [6.07, 6.45) is 2.53. The number of benzene rings is 1. The lowest BCUT2D eigenvalue weighted by atomic mass is 10.1. The molecule has 0 atom stereocenters. The third-order valence-electron chi connectivity index (χ3n) is 2.17. The highest BCUT2D eigenvalue weighted by Gasteiger charge is 2.21. The van der Waals surface area contributed by atoms with E-state index in [4.69, 9.17) is 10.8 Å². The first-order valence-corrected chi connectivity index (χ1v) is 5.40. The van der Waals surface area contributed by atoms with Crippen LogP contribution in [0.15, 0.2) is 30.3 Å². The predicted molar refractivity (Wildman–Crippen MR) is 70.0 cm³/mol. The molecule has 0 saturated heterocycles. The molecule has 0 fully saturated rings. The van der Waals surface area contributed by atoms with Crippen LogP contribution in [-0.4, -0.2) is 22.5 Å². The molecule has 0 aliphatic carbocycles. The minimum atomic E-state index is -1.00. The number of carbonyl (C=O) groups excluding carboxylic acids is 1. The van der Waals surface area contributed by atoms with E-state index in [1.165, 1.54) is 6.08 Å². The normalized spacial score (nSPS) is 11.5. The first kappa shape index (κ1) is 13.9. The summed E-state index contributed by atoms with van der Waals surface area (Å²) < 4.78 is 0. The van der Waals surface area contributed by atoms with Gasteiger partial charge in [-0.15, -0.1) is 0 Å². The number of amides is 1. The number of nitrogens with one attached hydrogen (secondary N) is 1. The van der Waals surface area contributed by atoms with Gasteiger partial charge in [0.1, 0.15) is 0 Å². The van der Waals surface area contributed by atoms with E-state index in [0.717, 1.165) is 11.6 Å². The van der Waals surface area contributed by atoms with E-state index in [9.17, 15) is 9.59 Å². The van der Waals surface area contributed by atoms with Gasteiger partial charge in [-0.1, -0.05) is 12.1 Å². The van der Waals surface area contributed by atoms with Crippen molar-refractivity contribution in [1.82, 2.24) is 0 Å². The molecule has 1 amide bonds. The van der Waals surface area contributed by atoms with E-state index < -0.39 is 11.5 Å². The number of carboxylic acid groups (broad SMARTS) is 1. The highest BCUT2D eigenvalue weighted by molar-refractivity contribution is 5.97. The minimum Gasteiger partial charge on any atom is -0.478 e. The zero-order valence-corrected chi connectivity index (χ0v) is 10.3. The van der Waals surface area contributed by atoms with Crippen molar-refractivity contribution in [3.05, 3.63) is 35.9 Å². The third kappa shape index (κ3) is 4.39. The van der Waals surface area contributed by atoms with Gasteiger partial charge in [-0.2, -0.15) is 0 Å². The Kier molecular flexibility index (Phi) is 4.23. The summed E-state index contributed by atoms with van der Waals surface area (Å²) in [5.41, 5.74) is 6.06. The van der Waals surface area contributed by atoms with Crippen molar-refractivity contribution in [1.29, 1.82) is 0 Å². The Morgan fingerprint density at radius 1 is 1.28 bits per heavy atom. The number of carbonyl (C=O) groups is 2. The fourth-order valence-electron chi connectivity index (χ4n) is 1.14. The first-order valence-electron chi connectivity index (χ1n) is 5.40. The number of carboxylic acids is 1. The van der Waals surface area contributed by atoms with Crippen LogP contribution in [-0.2, 0) is 9.59 Å². The molecule has 18 heavy (non-hydrogen) atoms. The van der Waals surface area contributed by atoms with Crippen LogP contribution in [0, 0.1) is 0 Å². The second-order valence-corrected chi connectivity index (χ2v) is 4.47. The summed E-state index contributed by atoms with van der Waals surface area (Å²) in [5.74, 6) is -1.28. The van der Waals surface area contributed by atoms with Crippen LogP contribution >= 0.6 is 0 Å². The average molecular weight is 248 g/mol. The zero-order valence-electron chi connectivity index (χ0n) is 10.3. The maximum absolute atomic E-state index is 11.6. The van der Waals surface area contributed by atoms with Crippen molar-refractivity contribution >= 4 is 23.6 Å². The SMILES string of the molecule is CC(C)(N)C(=O)Nc1ccc(/C=C/C(=O)O)cc1. The lowest BCUT2D eigenvalue weighted by molar-refractivity contribution is -0.131. The molecule has 0 spiro atoms. The van der Waals surface area contributed by atoms with Crippen molar-refractivity contribution in [3.8, 4) is 0 Å². The molecule has 5 heteroatoms. The van der Waals surface area contributed by atoms with E-state index >= 15 is 0 Å². The van der Waals surface area contributed by atoms with Crippen molar-refractivity contribution in [3.63, 3.8) is 0 Å². The van der Waals surface area contributed by atoms with Gasteiger partial charge in [0, 0.05) is 11.8 Å². The van der Waals surface area contributed by atoms with Crippen molar-refractivity contribution in [2.24, 2.45) is 5.73 Å². The molecule has 0 aliphatic heterocycles. The molecule has 0 saturated carbocycles. The van der Waals surface area contributed by atoms with E-state index in [0.29, 0.717) is 5.69 Å². The van der Waals surface area contributed by atoms with Gasteiger partial charge in [-0.25, -0.2) is 4.79 Å². The predicted octanol–water partition coefficient (Wildman–Crippen LogP) is 1.46. The molecule has 1 aromatic rings. The molecule has 0 heterocycles. The number of hydrogen-bond donors (Lipinski definition) is 3. The highest BCUT2D eigenvalue weighted by atomic mass is 16.4. The van der Waals surface area contributed by atoms with E-state index in [2.05, 4.69) is 5.32 Å². The lowest BCUT2D eigenvalue weighted by Crippen LogP contribution is -2.45. The number of aliphatic carboxylic acids is 1. The molecule has 0 radical (unpaired) electrons. The van der Waals surface area contributed by atoms with E-state index in [1.54, 1.807) is 38.1 Å². The molecule has 1 aromatic carbocycles. The standard InChI is InChI=1S/C13H16N2O3/c1-13(2,14)12(18)15-10-6-3-9(4-7-10)5-8-11(16)17/h3-8H,14H2,1-2H3,(H,15,18)(H,16,17)/b8-5+. The molecule has 4 N–H and O–H groups in total. The Morgan fingerprint density at radius 2 is 1.83 bits per heavy atom. The van der Waals surface area contributed by atoms with Crippen LogP contribution in [0.25, 0.3) is 6.08 Å². The second-order valence-electron chi connectivity index (χ2n) is 4.47. The van der Waals surface area contributed by atoms with Crippen LogP contribution in [0.2, 0.25) is 0 Å².